The molecule has 0 radical (unpaired) electrons. The number of hydrogen-bond acceptors (Lipinski definition) is 3. The third-order valence-corrected chi connectivity index (χ3v) is 3.87. The molecule has 2 rings (SSSR count). The molecule has 22 heavy (non-hydrogen) atoms. The number of pyridine rings is 1. The van der Waals surface area contributed by atoms with Crippen molar-refractivity contribution in [2.75, 3.05) is 20.2 Å². The molecule has 2 amide bonds. The number of urea groups is 1. The molecule has 1 aliphatic heterocycles. The summed E-state index contributed by atoms with van der Waals surface area (Å²) in [6, 6.07) is 5.48. The highest BCUT2D eigenvalue weighted by Gasteiger charge is 2.23. The molecule has 1 N–H and O–H groups in total. The number of amides is 2. The van der Waals surface area contributed by atoms with Crippen LogP contribution in [0, 0.1) is 5.41 Å². The van der Waals surface area contributed by atoms with Crippen molar-refractivity contribution in [2.24, 2.45) is 5.41 Å². The van der Waals surface area contributed by atoms with Gasteiger partial charge in [0.05, 0.1) is 19.3 Å². The molecule has 5 nitrogen and oxygen atoms in total. The second kappa shape index (κ2) is 6.81. The van der Waals surface area contributed by atoms with Crippen molar-refractivity contribution < 1.29 is 9.53 Å². The van der Waals surface area contributed by atoms with Crippen molar-refractivity contribution in [3.05, 3.63) is 35.5 Å². The van der Waals surface area contributed by atoms with E-state index in [1.807, 2.05) is 17.0 Å². The molecule has 0 saturated heterocycles. The maximum atomic E-state index is 12.2. The second-order valence-electron chi connectivity index (χ2n) is 6.51. The van der Waals surface area contributed by atoms with E-state index in [2.05, 4.69) is 37.1 Å². The van der Waals surface area contributed by atoms with Gasteiger partial charge in [0.1, 0.15) is 0 Å². The number of nitrogens with zero attached hydrogens (tertiary/aromatic N) is 2. The molecule has 1 aliphatic rings. The maximum Gasteiger partial charge on any atom is 0.318 e. The normalized spacial score (nSPS) is 15.3. The average Bonchev–Trinajstić information content (AvgIpc) is 2.52. The van der Waals surface area contributed by atoms with Crippen LogP contribution >= 0.6 is 0 Å². The first kappa shape index (κ1) is 16.3. The fourth-order valence-corrected chi connectivity index (χ4v) is 2.48. The van der Waals surface area contributed by atoms with E-state index >= 15 is 0 Å². The Morgan fingerprint density at radius 3 is 2.77 bits per heavy atom. The quantitative estimate of drug-likeness (QED) is 0.873. The summed E-state index contributed by atoms with van der Waals surface area (Å²) in [5.41, 5.74) is 2.40. The van der Waals surface area contributed by atoms with Crippen molar-refractivity contribution in [1.82, 2.24) is 15.2 Å². The Morgan fingerprint density at radius 2 is 2.18 bits per heavy atom. The molecule has 0 atom stereocenters. The Labute approximate surface area is 132 Å². The number of aromatic nitrogens is 1. The zero-order valence-electron chi connectivity index (χ0n) is 13.8. The van der Waals surface area contributed by atoms with E-state index in [1.165, 1.54) is 5.57 Å². The Bertz CT molecular complexity index is 561. The van der Waals surface area contributed by atoms with E-state index in [0.717, 1.165) is 18.7 Å². The van der Waals surface area contributed by atoms with Crippen LogP contribution in [-0.2, 0) is 6.54 Å². The van der Waals surface area contributed by atoms with E-state index < -0.39 is 0 Å². The van der Waals surface area contributed by atoms with Crippen LogP contribution in [0.4, 0.5) is 4.79 Å². The predicted octanol–water partition coefficient (Wildman–Crippen LogP) is 2.98. The zero-order valence-corrected chi connectivity index (χ0v) is 13.8. The van der Waals surface area contributed by atoms with E-state index in [0.29, 0.717) is 19.0 Å². The van der Waals surface area contributed by atoms with Crippen molar-refractivity contribution in [3.63, 3.8) is 0 Å². The summed E-state index contributed by atoms with van der Waals surface area (Å²) < 4.78 is 5.08. The number of methoxy groups -OCH3 is 1. The van der Waals surface area contributed by atoms with Gasteiger partial charge in [0, 0.05) is 19.2 Å². The van der Waals surface area contributed by atoms with Gasteiger partial charge in [-0.1, -0.05) is 38.5 Å². The zero-order chi connectivity index (χ0) is 16.2. The van der Waals surface area contributed by atoms with E-state index in [9.17, 15) is 4.79 Å². The minimum Gasteiger partial charge on any atom is -0.481 e. The number of carbonyl (C=O) groups is 1. The van der Waals surface area contributed by atoms with Crippen molar-refractivity contribution in [3.8, 4) is 5.88 Å². The summed E-state index contributed by atoms with van der Waals surface area (Å²) in [5, 5.41) is 2.91. The van der Waals surface area contributed by atoms with Crippen molar-refractivity contribution in [1.29, 1.82) is 0 Å². The molecule has 0 aromatic carbocycles. The minimum absolute atomic E-state index is 0.0474. The van der Waals surface area contributed by atoms with Crippen LogP contribution in [-0.4, -0.2) is 36.1 Å². The number of ether oxygens (including phenoxy) is 1. The van der Waals surface area contributed by atoms with Gasteiger partial charge in [-0.05, 0) is 17.9 Å². The number of rotatable bonds is 3. The van der Waals surface area contributed by atoms with Gasteiger partial charge in [-0.25, -0.2) is 9.78 Å². The summed E-state index contributed by atoms with van der Waals surface area (Å²) in [4.78, 5) is 18.3. The molecule has 0 saturated carbocycles. The van der Waals surface area contributed by atoms with Gasteiger partial charge >= 0.3 is 6.03 Å². The fourth-order valence-electron chi connectivity index (χ4n) is 2.48. The van der Waals surface area contributed by atoms with Gasteiger partial charge in [-0.3, -0.25) is 0 Å². The van der Waals surface area contributed by atoms with Gasteiger partial charge in [-0.2, -0.15) is 0 Å². The first-order valence-corrected chi connectivity index (χ1v) is 7.62. The van der Waals surface area contributed by atoms with Crippen LogP contribution in [0.25, 0.3) is 0 Å². The average molecular weight is 303 g/mol. The van der Waals surface area contributed by atoms with Crippen LogP contribution in [0.5, 0.6) is 5.88 Å². The van der Waals surface area contributed by atoms with Gasteiger partial charge in [0.15, 0.2) is 0 Å². The van der Waals surface area contributed by atoms with Crippen LogP contribution in [0.3, 0.4) is 0 Å². The van der Waals surface area contributed by atoms with Crippen molar-refractivity contribution >= 4 is 6.03 Å². The Hall–Kier alpha value is -2.04. The highest BCUT2D eigenvalue weighted by molar-refractivity contribution is 5.74. The topological polar surface area (TPSA) is 54.5 Å². The summed E-state index contributed by atoms with van der Waals surface area (Å²) >= 11 is 0. The summed E-state index contributed by atoms with van der Waals surface area (Å²) in [5.74, 6) is 0.558. The standard InChI is InChI=1S/C17H25N3O2/c1-17(2,3)13-8-10-20(11-9-13)16(21)18-12-14-6-5-7-15(19-14)22-4/h5-8H,9-12H2,1-4H3,(H,18,21). The molecule has 0 bridgehead atoms. The molecule has 0 unspecified atom stereocenters. The predicted molar refractivity (Wildman–Crippen MR) is 86.8 cm³/mol. The largest absolute Gasteiger partial charge is 0.481 e. The Morgan fingerprint density at radius 1 is 1.41 bits per heavy atom. The highest BCUT2D eigenvalue weighted by Crippen LogP contribution is 2.29. The molecule has 0 spiro atoms. The third kappa shape index (κ3) is 4.23. The molecule has 1 aromatic rings. The summed E-state index contributed by atoms with van der Waals surface area (Å²) in [6.45, 7) is 8.47. The molecule has 2 heterocycles. The lowest BCUT2D eigenvalue weighted by molar-refractivity contribution is 0.199. The lowest BCUT2D eigenvalue weighted by Gasteiger charge is -2.32. The number of carbonyl (C=O) groups excluding carboxylic acids is 1. The first-order valence-electron chi connectivity index (χ1n) is 7.62. The van der Waals surface area contributed by atoms with Gasteiger partial charge in [0.25, 0.3) is 0 Å². The van der Waals surface area contributed by atoms with E-state index in [4.69, 9.17) is 4.74 Å². The Kier molecular flexibility index (Phi) is 5.06. The monoisotopic (exact) mass is 303 g/mol. The van der Waals surface area contributed by atoms with Crippen LogP contribution < -0.4 is 10.1 Å². The molecular formula is C17H25N3O2. The SMILES string of the molecule is COc1cccc(CNC(=O)N2CC=C(C(C)(C)C)CC2)n1. The molecule has 0 fully saturated rings. The Balaban J connectivity index is 1.87. The van der Waals surface area contributed by atoms with Gasteiger partial charge in [0.2, 0.25) is 5.88 Å². The smallest absolute Gasteiger partial charge is 0.318 e. The van der Waals surface area contributed by atoms with Crippen LogP contribution in [0.1, 0.15) is 32.9 Å². The molecular weight excluding hydrogens is 278 g/mol. The maximum absolute atomic E-state index is 12.2. The minimum atomic E-state index is -0.0474. The van der Waals surface area contributed by atoms with Gasteiger partial charge in [-0.15, -0.1) is 0 Å². The lowest BCUT2D eigenvalue weighted by Crippen LogP contribution is -2.42. The van der Waals surface area contributed by atoms with E-state index in [1.54, 1.807) is 13.2 Å². The molecule has 120 valence electrons. The van der Waals surface area contributed by atoms with E-state index in [-0.39, 0.29) is 11.4 Å². The van der Waals surface area contributed by atoms with Gasteiger partial charge < -0.3 is 15.0 Å². The number of nitrogens with one attached hydrogen (secondary N) is 1. The van der Waals surface area contributed by atoms with Crippen LogP contribution in [0.15, 0.2) is 29.8 Å². The summed E-state index contributed by atoms with van der Waals surface area (Å²) in [7, 11) is 1.58. The van der Waals surface area contributed by atoms with Crippen LogP contribution in [0.2, 0.25) is 0 Å². The highest BCUT2D eigenvalue weighted by atomic mass is 16.5. The first-order chi connectivity index (χ1) is 10.4. The fraction of sp³-hybridized carbons (Fsp3) is 0.529. The molecule has 5 heteroatoms. The molecule has 0 aliphatic carbocycles. The number of hydrogen-bond donors (Lipinski definition) is 1. The molecule has 1 aromatic heterocycles. The third-order valence-electron chi connectivity index (χ3n) is 3.87. The second-order valence-corrected chi connectivity index (χ2v) is 6.51. The van der Waals surface area contributed by atoms with Crippen molar-refractivity contribution in [2.45, 2.75) is 33.7 Å². The summed E-state index contributed by atoms with van der Waals surface area (Å²) in [6.07, 6.45) is 3.11. The lowest BCUT2D eigenvalue weighted by atomic mass is 9.83.